The number of amides is 2. The quantitative estimate of drug-likeness (QED) is 0.0607. The first-order valence-corrected chi connectivity index (χ1v) is 19.1. The molecule has 1 saturated heterocycles. The van der Waals surface area contributed by atoms with Crippen LogP contribution in [0.1, 0.15) is 47.3 Å². The third-order valence-corrected chi connectivity index (χ3v) is 10.1. The molecule has 58 heavy (non-hydrogen) atoms. The Bertz CT molecular complexity index is 2290. The molecule has 3 aromatic carbocycles. The smallest absolute Gasteiger partial charge is 0.356 e. The van der Waals surface area contributed by atoms with Crippen LogP contribution in [-0.4, -0.2) is 86.5 Å². The number of β-lactam (4-membered cyclic amide) rings is 1. The van der Waals surface area contributed by atoms with Gasteiger partial charge in [-0.25, -0.2) is 9.59 Å². The highest BCUT2D eigenvalue weighted by Gasteiger charge is 2.55. The van der Waals surface area contributed by atoms with Crippen LogP contribution in [0.4, 0.5) is 5.13 Å². The highest BCUT2D eigenvalue weighted by atomic mass is 32.2. The average molecular weight is 827 g/mol. The minimum Gasteiger partial charge on any atom is -0.458 e. The number of rotatable bonds is 14. The monoisotopic (exact) mass is 826 g/mol. The van der Waals surface area contributed by atoms with E-state index >= 15 is 0 Å². The Balaban J connectivity index is 1.25. The third-order valence-electron chi connectivity index (χ3n) is 8.27. The van der Waals surface area contributed by atoms with Crippen molar-refractivity contribution in [2.75, 3.05) is 25.2 Å². The highest BCUT2D eigenvalue weighted by Crippen LogP contribution is 2.42. The molecule has 0 saturated carbocycles. The lowest BCUT2D eigenvalue weighted by molar-refractivity contribution is -0.154. The number of aromatic nitrogens is 2. The topological polar surface area (TPSA) is 228 Å². The van der Waals surface area contributed by atoms with Crippen LogP contribution in [0.5, 0.6) is 11.5 Å². The van der Waals surface area contributed by atoms with Gasteiger partial charge in [-0.2, -0.15) is 9.36 Å². The van der Waals surface area contributed by atoms with Crippen molar-refractivity contribution in [1.29, 1.82) is 0 Å². The molecule has 0 spiro atoms. The number of nitrogens with one attached hydrogen (secondary N) is 1. The van der Waals surface area contributed by atoms with Crippen molar-refractivity contribution in [3.05, 3.63) is 125 Å². The second-order valence-electron chi connectivity index (χ2n) is 12.3. The van der Waals surface area contributed by atoms with Crippen molar-refractivity contribution in [2.45, 2.75) is 31.4 Å². The van der Waals surface area contributed by atoms with Gasteiger partial charge in [-0.05, 0) is 41.0 Å². The fourth-order valence-electron chi connectivity index (χ4n) is 5.83. The van der Waals surface area contributed by atoms with E-state index in [9.17, 15) is 28.8 Å². The maximum Gasteiger partial charge on any atom is 0.356 e. The Morgan fingerprint density at radius 2 is 1.60 bits per heavy atom. The van der Waals surface area contributed by atoms with Gasteiger partial charge in [0.15, 0.2) is 22.7 Å². The number of nitrogens with zero attached hydrogens (tertiary/aromatic N) is 4. The highest BCUT2D eigenvalue weighted by molar-refractivity contribution is 8.00. The van der Waals surface area contributed by atoms with Gasteiger partial charge < -0.3 is 34.8 Å². The van der Waals surface area contributed by atoms with Crippen LogP contribution in [0, 0.1) is 0 Å². The Morgan fingerprint density at radius 1 is 0.948 bits per heavy atom. The van der Waals surface area contributed by atoms with Gasteiger partial charge >= 0.3 is 23.9 Å². The Labute approximate surface area is 339 Å². The molecule has 1 fully saturated rings. The lowest BCUT2D eigenvalue weighted by atomic mass is 10.0. The predicted molar refractivity (Wildman–Crippen MR) is 209 cm³/mol. The van der Waals surface area contributed by atoms with Gasteiger partial charge in [-0.15, -0.1) is 11.8 Å². The van der Waals surface area contributed by atoms with E-state index in [1.54, 1.807) is 6.08 Å². The van der Waals surface area contributed by atoms with E-state index in [-0.39, 0.29) is 51.8 Å². The van der Waals surface area contributed by atoms with E-state index in [0.717, 1.165) is 18.5 Å². The van der Waals surface area contributed by atoms with Gasteiger partial charge in [0.2, 0.25) is 11.5 Å². The molecule has 1 unspecified atom stereocenters. The van der Waals surface area contributed by atoms with Crippen LogP contribution >= 0.6 is 23.3 Å². The largest absolute Gasteiger partial charge is 0.458 e. The summed E-state index contributed by atoms with van der Waals surface area (Å²) >= 11 is 2.12. The minimum absolute atomic E-state index is 0.0000380. The molecule has 0 bridgehead atoms. The van der Waals surface area contributed by atoms with Crippen LogP contribution < -0.4 is 20.5 Å². The maximum atomic E-state index is 14.3. The van der Waals surface area contributed by atoms with Crippen molar-refractivity contribution in [3.63, 3.8) is 0 Å². The van der Waals surface area contributed by atoms with Crippen molar-refractivity contribution < 1.29 is 52.6 Å². The number of hydrogen-bond donors (Lipinski definition) is 2. The van der Waals surface area contributed by atoms with Gasteiger partial charge in [-0.1, -0.05) is 71.9 Å². The fraction of sp³-hybridized carbons (Fsp3) is 0.205. The van der Waals surface area contributed by atoms with Crippen LogP contribution in [0.2, 0.25) is 0 Å². The van der Waals surface area contributed by atoms with E-state index in [4.69, 9.17) is 29.5 Å². The Hall–Kier alpha value is -6.86. The van der Waals surface area contributed by atoms with E-state index in [0.29, 0.717) is 16.7 Å². The van der Waals surface area contributed by atoms with Crippen molar-refractivity contribution in [2.24, 2.45) is 5.16 Å². The number of oxime groups is 1. The molecule has 4 aromatic rings. The summed E-state index contributed by atoms with van der Waals surface area (Å²) in [5.74, 6) is -4.48. The number of carbonyl (C=O) groups excluding carboxylic acids is 6. The van der Waals surface area contributed by atoms with Gasteiger partial charge in [0, 0.05) is 31.1 Å². The van der Waals surface area contributed by atoms with Crippen molar-refractivity contribution >= 4 is 69.8 Å². The number of carbonyl (C=O) groups is 6. The van der Waals surface area contributed by atoms with E-state index in [1.165, 1.54) is 55.0 Å². The number of esters is 4. The maximum absolute atomic E-state index is 14.3. The molecule has 1 aromatic heterocycles. The molecule has 6 rings (SSSR count). The zero-order valence-corrected chi connectivity index (χ0v) is 32.6. The second-order valence-corrected chi connectivity index (χ2v) is 14.2. The van der Waals surface area contributed by atoms with Gasteiger partial charge in [-0.3, -0.25) is 24.1 Å². The van der Waals surface area contributed by atoms with Crippen LogP contribution in [0.3, 0.4) is 0 Å². The third kappa shape index (κ3) is 9.39. The summed E-state index contributed by atoms with van der Waals surface area (Å²) in [6, 6.07) is 20.9. The Morgan fingerprint density at radius 3 is 2.21 bits per heavy atom. The van der Waals surface area contributed by atoms with E-state index < -0.39 is 53.2 Å². The summed E-state index contributed by atoms with van der Waals surface area (Å²) < 4.78 is 25.8. The molecule has 17 nitrogen and oxygen atoms in total. The number of allylic oxidation sites excluding steroid dienone is 1. The van der Waals surface area contributed by atoms with E-state index in [2.05, 4.69) is 19.8 Å². The molecule has 2 aliphatic heterocycles. The molecule has 298 valence electrons. The lowest BCUT2D eigenvalue weighted by Gasteiger charge is -2.49. The molecule has 2 atom stereocenters. The molecular formula is C39H34N6O11S2. The van der Waals surface area contributed by atoms with Crippen LogP contribution in [-0.2, 0) is 38.3 Å². The zero-order chi connectivity index (χ0) is 41.3. The first kappa shape index (κ1) is 40.8. The lowest BCUT2D eigenvalue weighted by Crippen LogP contribution is -2.71. The first-order valence-electron chi connectivity index (χ1n) is 17.3. The molecule has 3 N–H and O–H groups in total. The number of nitrogens with two attached hydrogens (primary N) is 1. The Kier molecular flexibility index (Phi) is 12.9. The second kappa shape index (κ2) is 18.4. The fourth-order valence-corrected chi connectivity index (χ4v) is 7.58. The molecular weight excluding hydrogens is 793 g/mol. The van der Waals surface area contributed by atoms with Gasteiger partial charge in [0.1, 0.15) is 30.8 Å². The minimum atomic E-state index is -1.08. The van der Waals surface area contributed by atoms with Crippen LogP contribution in [0.25, 0.3) is 0 Å². The summed E-state index contributed by atoms with van der Waals surface area (Å²) in [5.41, 5.74) is 7.09. The van der Waals surface area contributed by atoms with Gasteiger partial charge in [0.05, 0.1) is 5.56 Å². The number of anilines is 1. The van der Waals surface area contributed by atoms with E-state index in [1.807, 2.05) is 60.7 Å². The standard InChI is InChI=1S/C39H34N6O11S2/c1-21(46)54-27-17-16-25(19-28(27)55-22(2)47)37(50)53-18-10-15-26-20-57-36-30(41-34(48)29(43-52-3)33-42-39(40)58-44-33)35(49)45(36)31(26)38(51)56-32(23-11-6-4-7-12-23)24-13-8-5-9-14-24/h4-17,19,30,32,36H,18,20H2,1-3H3,(H,41,48)(H2,40,42,44)/b15-10+,43-29-/t30?,36-/m0/s1. The number of nitrogen functional groups attached to an aromatic ring is 1. The molecule has 0 radical (unpaired) electrons. The summed E-state index contributed by atoms with van der Waals surface area (Å²) in [5, 5.41) is 5.75. The molecule has 2 amide bonds. The molecule has 3 heterocycles. The molecule has 19 heteroatoms. The summed E-state index contributed by atoms with van der Waals surface area (Å²) in [4.78, 5) is 87.7. The first-order chi connectivity index (χ1) is 27.9. The number of fused-ring (bicyclic) bond motifs is 1. The van der Waals surface area contributed by atoms with Crippen molar-refractivity contribution in [1.82, 2.24) is 19.6 Å². The number of benzene rings is 3. The van der Waals surface area contributed by atoms with Crippen LogP contribution in [0.15, 0.2) is 107 Å². The molecule has 2 aliphatic rings. The summed E-state index contributed by atoms with van der Waals surface area (Å²) in [6.07, 6.45) is 2.18. The molecule has 0 aliphatic carbocycles. The predicted octanol–water partition coefficient (Wildman–Crippen LogP) is 3.72. The zero-order valence-electron chi connectivity index (χ0n) is 31.0. The SMILES string of the molecule is CO/N=C(\C(=O)NC1C(=O)N2C(C(=O)OC(c3ccccc3)c3ccccc3)=C(/C=C/COC(=O)c3ccc(OC(C)=O)c(OC(C)=O)c3)CS[C@@H]12)c1nsc(N)n1. The number of thioether (sulfide) groups is 1. The number of ether oxygens (including phenoxy) is 4. The van der Waals surface area contributed by atoms with Crippen molar-refractivity contribution in [3.8, 4) is 11.5 Å². The summed E-state index contributed by atoms with van der Waals surface area (Å²) in [6.45, 7) is 2.05. The summed E-state index contributed by atoms with van der Waals surface area (Å²) in [7, 11) is 1.23. The van der Waals surface area contributed by atoms with Gasteiger partial charge in [0.25, 0.3) is 11.8 Å². The normalized spacial score (nSPS) is 16.3. The average Bonchev–Trinajstić information content (AvgIpc) is 3.65. The number of hydrogen-bond acceptors (Lipinski definition) is 17.